The van der Waals surface area contributed by atoms with Gasteiger partial charge in [0.05, 0.1) is 11.1 Å². The maximum absolute atomic E-state index is 13.5. The van der Waals surface area contributed by atoms with Crippen LogP contribution in [0.4, 0.5) is 8.78 Å². The third kappa shape index (κ3) is 3.70. The molecule has 1 aromatic carbocycles. The molecule has 1 N–H and O–H groups in total. The lowest BCUT2D eigenvalue weighted by Gasteiger charge is -2.19. The van der Waals surface area contributed by atoms with Gasteiger partial charge in [0.1, 0.15) is 11.6 Å². The number of hydrazone groups is 1. The van der Waals surface area contributed by atoms with Crippen LogP contribution in [-0.4, -0.2) is 12.1 Å². The van der Waals surface area contributed by atoms with Crippen LogP contribution in [0.2, 0.25) is 0 Å². The van der Waals surface area contributed by atoms with Crippen LogP contribution in [0, 0.1) is 17.6 Å². The van der Waals surface area contributed by atoms with Crippen molar-refractivity contribution >= 4 is 23.5 Å². The van der Waals surface area contributed by atoms with E-state index in [1.807, 2.05) is 6.07 Å². The topological polar surface area (TPSA) is 41.5 Å². The monoisotopic (exact) mass is 348 g/mol. The molecule has 126 valence electrons. The van der Waals surface area contributed by atoms with E-state index in [0.29, 0.717) is 10.8 Å². The molecular weight excluding hydrogens is 330 g/mol. The molecule has 0 aliphatic heterocycles. The van der Waals surface area contributed by atoms with Gasteiger partial charge in [0, 0.05) is 16.5 Å². The van der Waals surface area contributed by atoms with Gasteiger partial charge in [-0.1, -0.05) is 13.3 Å². The van der Waals surface area contributed by atoms with Crippen molar-refractivity contribution in [3.8, 4) is 0 Å². The minimum Gasteiger partial charge on any atom is -0.266 e. The number of rotatable bonds is 4. The highest BCUT2D eigenvalue weighted by molar-refractivity contribution is 7.14. The molecule has 24 heavy (non-hydrogen) atoms. The molecule has 6 heteroatoms. The van der Waals surface area contributed by atoms with Crippen LogP contribution in [0.15, 0.2) is 29.4 Å². The van der Waals surface area contributed by atoms with Crippen LogP contribution in [0.25, 0.3) is 0 Å². The summed E-state index contributed by atoms with van der Waals surface area (Å²) in [6.07, 6.45) is 5.56. The number of amides is 1. The van der Waals surface area contributed by atoms with Gasteiger partial charge in [0.15, 0.2) is 0 Å². The van der Waals surface area contributed by atoms with E-state index >= 15 is 0 Å². The number of fused-ring (bicyclic) bond motifs is 1. The average molecular weight is 348 g/mol. The van der Waals surface area contributed by atoms with E-state index in [2.05, 4.69) is 17.5 Å². The number of thiophene rings is 1. The summed E-state index contributed by atoms with van der Waals surface area (Å²) in [7, 11) is 0. The fourth-order valence-corrected chi connectivity index (χ4v) is 3.98. The van der Waals surface area contributed by atoms with Crippen LogP contribution < -0.4 is 5.43 Å². The second-order valence-electron chi connectivity index (χ2n) is 5.94. The van der Waals surface area contributed by atoms with Gasteiger partial charge in [-0.3, -0.25) is 4.79 Å². The molecular formula is C18H18F2N2OS. The Morgan fingerprint density at radius 1 is 1.42 bits per heavy atom. The molecule has 0 fully saturated rings. The van der Waals surface area contributed by atoms with Crippen molar-refractivity contribution in [2.75, 3.05) is 0 Å². The zero-order valence-corrected chi connectivity index (χ0v) is 14.1. The quantitative estimate of drug-likeness (QED) is 0.649. The van der Waals surface area contributed by atoms with Crippen molar-refractivity contribution in [3.63, 3.8) is 0 Å². The number of nitrogens with one attached hydrogen (secondary N) is 1. The molecule has 1 aliphatic rings. The number of halogens is 2. The molecule has 0 radical (unpaired) electrons. The summed E-state index contributed by atoms with van der Waals surface area (Å²) >= 11 is 1.50. The van der Waals surface area contributed by atoms with Crippen molar-refractivity contribution in [2.24, 2.45) is 11.0 Å². The van der Waals surface area contributed by atoms with Gasteiger partial charge in [-0.2, -0.15) is 5.10 Å². The summed E-state index contributed by atoms with van der Waals surface area (Å²) in [5, 5.41) is 3.77. The second-order valence-corrected chi connectivity index (χ2v) is 7.08. The number of hydrogen-bond acceptors (Lipinski definition) is 3. The van der Waals surface area contributed by atoms with Gasteiger partial charge < -0.3 is 0 Å². The van der Waals surface area contributed by atoms with Crippen molar-refractivity contribution in [3.05, 3.63) is 56.8 Å². The molecule has 3 rings (SSSR count). The van der Waals surface area contributed by atoms with Crippen molar-refractivity contribution in [1.29, 1.82) is 0 Å². The zero-order valence-electron chi connectivity index (χ0n) is 13.3. The first-order valence-electron chi connectivity index (χ1n) is 7.97. The summed E-state index contributed by atoms with van der Waals surface area (Å²) in [5.74, 6) is -0.975. The molecule has 1 amide bonds. The van der Waals surface area contributed by atoms with Gasteiger partial charge in [0.25, 0.3) is 5.91 Å². The summed E-state index contributed by atoms with van der Waals surface area (Å²) < 4.78 is 26.3. The van der Waals surface area contributed by atoms with Crippen LogP contribution in [0.1, 0.15) is 45.4 Å². The second kappa shape index (κ2) is 7.21. The van der Waals surface area contributed by atoms with Gasteiger partial charge in [-0.05, 0) is 48.9 Å². The Labute approximate surface area is 143 Å². The van der Waals surface area contributed by atoms with Gasteiger partial charge in [-0.25, -0.2) is 14.2 Å². The smallest absolute Gasteiger partial charge is 0.266 e. The number of benzene rings is 1. The first kappa shape index (κ1) is 16.8. The fourth-order valence-electron chi connectivity index (χ4n) is 2.88. The lowest BCUT2D eigenvalue weighted by Crippen LogP contribution is -2.16. The lowest BCUT2D eigenvalue weighted by molar-refractivity contribution is 0.0959. The molecule has 1 heterocycles. The van der Waals surface area contributed by atoms with Crippen LogP contribution in [-0.2, 0) is 12.8 Å². The third-order valence-corrected chi connectivity index (χ3v) is 5.55. The minimum absolute atomic E-state index is 0.118. The predicted molar refractivity (Wildman–Crippen MR) is 91.5 cm³/mol. The van der Waals surface area contributed by atoms with E-state index in [0.717, 1.165) is 31.4 Å². The number of carbonyl (C=O) groups excluding carboxylic acids is 1. The third-order valence-electron chi connectivity index (χ3n) is 4.32. The summed E-state index contributed by atoms with van der Waals surface area (Å²) in [6, 6.07) is 5.13. The highest BCUT2D eigenvalue weighted by Gasteiger charge is 2.21. The minimum atomic E-state index is -0.717. The Morgan fingerprint density at radius 2 is 2.25 bits per heavy atom. The Kier molecular flexibility index (Phi) is 5.04. The molecule has 1 aromatic heterocycles. The average Bonchev–Trinajstić information content (AvgIpc) is 2.99. The van der Waals surface area contributed by atoms with E-state index in [9.17, 15) is 13.6 Å². The normalized spacial score (nSPS) is 17.0. The van der Waals surface area contributed by atoms with Crippen LogP contribution in [0.5, 0.6) is 0 Å². The maximum atomic E-state index is 13.5. The molecule has 0 bridgehead atoms. The van der Waals surface area contributed by atoms with E-state index in [1.165, 1.54) is 40.5 Å². The van der Waals surface area contributed by atoms with Gasteiger partial charge in [-0.15, -0.1) is 11.3 Å². The largest absolute Gasteiger partial charge is 0.281 e. The molecule has 3 nitrogen and oxygen atoms in total. The van der Waals surface area contributed by atoms with Crippen molar-refractivity contribution in [1.82, 2.24) is 5.43 Å². The molecule has 1 atom stereocenters. The number of carbonyl (C=O) groups is 1. The van der Waals surface area contributed by atoms with Crippen LogP contribution in [0.3, 0.4) is 0 Å². The Hall–Kier alpha value is -2.08. The zero-order chi connectivity index (χ0) is 17.1. The molecule has 2 aromatic rings. The van der Waals surface area contributed by atoms with Crippen LogP contribution >= 0.6 is 11.3 Å². The Morgan fingerprint density at radius 3 is 3.00 bits per heavy atom. The fraction of sp³-hybridized carbons (Fsp3) is 0.333. The first-order chi connectivity index (χ1) is 11.6. The SMILES string of the molecule is CC[C@@H]1CCc2sc(C(=O)N/N=C\c3ccc(F)cc3F)cc2C1. The lowest BCUT2D eigenvalue weighted by atomic mass is 9.87. The van der Waals surface area contributed by atoms with Crippen molar-refractivity contribution in [2.45, 2.75) is 32.6 Å². The standard InChI is InChI=1S/C18H18F2N2OS/c1-2-11-3-6-16-13(7-11)8-17(24-16)18(23)22-21-10-12-4-5-14(19)9-15(12)20/h4-5,8-11H,2-3,6-7H2,1H3,(H,22,23)/b21-10-/t11-/m1/s1. The maximum Gasteiger partial charge on any atom is 0.281 e. The van der Waals surface area contributed by atoms with Crippen molar-refractivity contribution < 1.29 is 13.6 Å². The van der Waals surface area contributed by atoms with E-state index in [1.54, 1.807) is 0 Å². The number of hydrogen-bond donors (Lipinski definition) is 1. The van der Waals surface area contributed by atoms with Gasteiger partial charge in [0.2, 0.25) is 0 Å². The number of nitrogens with zero attached hydrogens (tertiary/aromatic N) is 1. The summed E-state index contributed by atoms with van der Waals surface area (Å²) in [4.78, 5) is 14.1. The first-order valence-corrected chi connectivity index (χ1v) is 8.78. The highest BCUT2D eigenvalue weighted by Crippen LogP contribution is 2.33. The van der Waals surface area contributed by atoms with E-state index < -0.39 is 11.6 Å². The molecule has 1 aliphatic carbocycles. The molecule has 0 saturated carbocycles. The Bertz CT molecular complexity index is 785. The summed E-state index contributed by atoms with van der Waals surface area (Å²) in [5.41, 5.74) is 3.78. The molecule has 0 unspecified atom stereocenters. The molecule has 0 saturated heterocycles. The Balaban J connectivity index is 1.65. The molecule has 0 spiro atoms. The predicted octanol–water partition coefficient (Wildman–Crippen LogP) is 4.31. The van der Waals surface area contributed by atoms with Gasteiger partial charge >= 0.3 is 0 Å². The highest BCUT2D eigenvalue weighted by atomic mass is 32.1. The van der Waals surface area contributed by atoms with E-state index in [4.69, 9.17) is 0 Å². The van der Waals surface area contributed by atoms with E-state index in [-0.39, 0.29) is 11.5 Å². The summed E-state index contributed by atoms with van der Waals surface area (Å²) in [6.45, 7) is 2.19. The number of aryl methyl sites for hydroxylation is 1.